The summed E-state index contributed by atoms with van der Waals surface area (Å²) in [6.45, 7) is 8.27. The van der Waals surface area contributed by atoms with Crippen LogP contribution >= 0.6 is 0 Å². The molecule has 0 aromatic carbocycles. The Morgan fingerprint density at radius 2 is 2.27 bits per heavy atom. The first-order valence-corrected chi connectivity index (χ1v) is 5.00. The zero-order valence-corrected chi connectivity index (χ0v) is 9.23. The van der Waals surface area contributed by atoms with Gasteiger partial charge in [-0.05, 0) is 12.3 Å². The Kier molecular flexibility index (Phi) is 4.09. The molecule has 0 fully saturated rings. The molecule has 4 nitrogen and oxygen atoms in total. The maximum Gasteiger partial charge on any atom is 0.222 e. The minimum absolute atomic E-state index is 0.255. The van der Waals surface area contributed by atoms with Crippen LogP contribution in [0.25, 0.3) is 0 Å². The van der Waals surface area contributed by atoms with Crippen LogP contribution in [-0.4, -0.2) is 16.6 Å². The third-order valence-electron chi connectivity index (χ3n) is 2.02. The lowest BCUT2D eigenvalue weighted by molar-refractivity contribution is 0.307. The third kappa shape index (κ3) is 2.94. The van der Waals surface area contributed by atoms with Crippen molar-refractivity contribution in [3.63, 3.8) is 0 Å². The topological polar surface area (TPSA) is 61.0 Å². The summed E-state index contributed by atoms with van der Waals surface area (Å²) in [7, 11) is 0. The van der Waals surface area contributed by atoms with E-state index < -0.39 is 0 Å². The maximum absolute atomic E-state index is 5.78. The number of nitrogens with zero attached hydrogens (tertiary/aromatic N) is 2. The summed E-state index contributed by atoms with van der Waals surface area (Å²) in [6.07, 6.45) is 4.02. The Hall–Kier alpha value is -1.58. The Labute approximate surface area is 90.2 Å². The first-order chi connectivity index (χ1) is 7.16. The molecule has 0 radical (unpaired) electrons. The maximum atomic E-state index is 5.78. The van der Waals surface area contributed by atoms with Crippen molar-refractivity contribution in [2.75, 3.05) is 12.3 Å². The van der Waals surface area contributed by atoms with Crippen molar-refractivity contribution in [1.82, 2.24) is 9.97 Å². The number of hydrogen-bond donors (Lipinski definition) is 1. The van der Waals surface area contributed by atoms with Crippen LogP contribution in [-0.2, 0) is 0 Å². The van der Waals surface area contributed by atoms with Crippen LogP contribution in [0.5, 0.6) is 5.88 Å². The molecular formula is C11H17N3O. The van der Waals surface area contributed by atoms with Crippen molar-refractivity contribution < 1.29 is 4.74 Å². The van der Waals surface area contributed by atoms with Crippen molar-refractivity contribution in [3.05, 3.63) is 24.5 Å². The highest BCUT2D eigenvalue weighted by molar-refractivity contribution is 5.46. The van der Waals surface area contributed by atoms with E-state index in [1.165, 1.54) is 6.33 Å². The minimum atomic E-state index is 0.255. The van der Waals surface area contributed by atoms with E-state index in [9.17, 15) is 0 Å². The Morgan fingerprint density at radius 3 is 2.87 bits per heavy atom. The summed E-state index contributed by atoms with van der Waals surface area (Å²) >= 11 is 0. The molecule has 0 aliphatic rings. The van der Waals surface area contributed by atoms with Crippen LogP contribution in [0.3, 0.4) is 0 Å². The number of ether oxygens (including phenoxy) is 1. The number of aromatic nitrogens is 2. The summed E-state index contributed by atoms with van der Waals surface area (Å²) in [6, 6.07) is 0. The molecule has 0 aliphatic carbocycles. The molecule has 4 heteroatoms. The number of nitrogen functional groups attached to an aromatic ring is 1. The van der Waals surface area contributed by atoms with Crippen LogP contribution in [0.2, 0.25) is 0 Å². The lowest BCUT2D eigenvalue weighted by Gasteiger charge is -2.13. The van der Waals surface area contributed by atoms with Gasteiger partial charge in [-0.2, -0.15) is 0 Å². The number of rotatable bonds is 5. The molecule has 1 rings (SSSR count). The minimum Gasteiger partial charge on any atom is -0.477 e. The quantitative estimate of drug-likeness (QED) is 0.593. The Morgan fingerprint density at radius 1 is 1.53 bits per heavy atom. The van der Waals surface area contributed by atoms with Crippen LogP contribution in [0, 0.1) is 0 Å². The van der Waals surface area contributed by atoms with Crippen LogP contribution in [0.15, 0.2) is 19.0 Å². The molecule has 0 saturated heterocycles. The highest BCUT2D eigenvalue weighted by Gasteiger charge is 2.13. The van der Waals surface area contributed by atoms with Gasteiger partial charge in [-0.3, -0.25) is 0 Å². The number of hydrogen-bond acceptors (Lipinski definition) is 4. The van der Waals surface area contributed by atoms with Crippen LogP contribution in [0.1, 0.15) is 31.7 Å². The van der Waals surface area contributed by atoms with E-state index in [4.69, 9.17) is 10.5 Å². The van der Waals surface area contributed by atoms with Crippen molar-refractivity contribution in [2.45, 2.75) is 26.2 Å². The second-order valence-corrected chi connectivity index (χ2v) is 3.56. The highest BCUT2D eigenvalue weighted by atomic mass is 16.5. The summed E-state index contributed by atoms with van der Waals surface area (Å²) in [5.41, 5.74) is 6.65. The molecule has 1 aromatic heterocycles. The molecule has 0 saturated carbocycles. The smallest absolute Gasteiger partial charge is 0.222 e. The van der Waals surface area contributed by atoms with Crippen molar-refractivity contribution in [1.29, 1.82) is 0 Å². The lowest BCUT2D eigenvalue weighted by atomic mass is 10.1. The van der Waals surface area contributed by atoms with Gasteiger partial charge in [-0.15, -0.1) is 6.58 Å². The average Bonchev–Trinajstić information content (AvgIpc) is 2.17. The van der Waals surface area contributed by atoms with Crippen molar-refractivity contribution in [3.8, 4) is 5.88 Å². The highest BCUT2D eigenvalue weighted by Crippen LogP contribution is 2.27. The van der Waals surface area contributed by atoms with Gasteiger partial charge in [0.05, 0.1) is 12.2 Å². The zero-order valence-electron chi connectivity index (χ0n) is 9.23. The molecule has 82 valence electrons. The van der Waals surface area contributed by atoms with E-state index in [1.807, 2.05) is 13.8 Å². The summed E-state index contributed by atoms with van der Waals surface area (Å²) in [5, 5.41) is 0. The average molecular weight is 207 g/mol. The molecule has 1 aromatic rings. The predicted molar refractivity (Wildman–Crippen MR) is 60.8 cm³/mol. The van der Waals surface area contributed by atoms with Gasteiger partial charge < -0.3 is 10.5 Å². The van der Waals surface area contributed by atoms with E-state index >= 15 is 0 Å². The second-order valence-electron chi connectivity index (χ2n) is 3.56. The Balaban J connectivity index is 2.85. The molecule has 0 unspecified atom stereocenters. The van der Waals surface area contributed by atoms with E-state index in [-0.39, 0.29) is 5.92 Å². The lowest BCUT2D eigenvalue weighted by Crippen LogP contribution is -2.07. The molecule has 1 heterocycles. The molecule has 0 aliphatic heterocycles. The van der Waals surface area contributed by atoms with Gasteiger partial charge >= 0.3 is 0 Å². The van der Waals surface area contributed by atoms with Gasteiger partial charge in [0.2, 0.25) is 5.88 Å². The molecule has 0 amide bonds. The largest absolute Gasteiger partial charge is 0.477 e. The zero-order chi connectivity index (χ0) is 11.3. The number of anilines is 1. The first-order valence-electron chi connectivity index (χ1n) is 5.00. The van der Waals surface area contributed by atoms with Gasteiger partial charge in [0.1, 0.15) is 12.1 Å². The normalized spacial score (nSPS) is 10.3. The van der Waals surface area contributed by atoms with Gasteiger partial charge in [0.15, 0.2) is 0 Å². The van der Waals surface area contributed by atoms with E-state index in [1.54, 1.807) is 6.08 Å². The molecule has 0 spiro atoms. The fourth-order valence-electron chi connectivity index (χ4n) is 1.29. The fraction of sp³-hybridized carbons (Fsp3) is 0.455. The Bertz CT molecular complexity index is 337. The SMILES string of the molecule is C=CCCOc1ncnc(N)c1C(C)C. The first kappa shape index (κ1) is 11.5. The summed E-state index contributed by atoms with van der Waals surface area (Å²) in [4.78, 5) is 8.04. The van der Waals surface area contributed by atoms with Gasteiger partial charge in [-0.25, -0.2) is 9.97 Å². The van der Waals surface area contributed by atoms with Crippen molar-refractivity contribution >= 4 is 5.82 Å². The molecule has 0 atom stereocenters. The van der Waals surface area contributed by atoms with E-state index in [2.05, 4.69) is 16.5 Å². The molecular weight excluding hydrogens is 190 g/mol. The number of nitrogens with two attached hydrogens (primary N) is 1. The van der Waals surface area contributed by atoms with Gasteiger partial charge in [0.25, 0.3) is 0 Å². The third-order valence-corrected chi connectivity index (χ3v) is 2.02. The standard InChI is InChI=1S/C11H17N3O/c1-4-5-6-15-11-9(8(2)3)10(12)13-7-14-11/h4,7-8H,1,5-6H2,2-3H3,(H2,12,13,14). The summed E-state index contributed by atoms with van der Waals surface area (Å²) in [5.74, 6) is 1.33. The van der Waals surface area contributed by atoms with Crippen molar-refractivity contribution in [2.24, 2.45) is 0 Å². The van der Waals surface area contributed by atoms with Crippen LogP contribution in [0.4, 0.5) is 5.82 Å². The predicted octanol–water partition coefficient (Wildman–Crippen LogP) is 2.14. The summed E-state index contributed by atoms with van der Waals surface area (Å²) < 4.78 is 5.52. The molecule has 0 bridgehead atoms. The molecule has 2 N–H and O–H groups in total. The monoisotopic (exact) mass is 207 g/mol. The van der Waals surface area contributed by atoms with E-state index in [0.717, 1.165) is 12.0 Å². The van der Waals surface area contributed by atoms with Gasteiger partial charge in [0, 0.05) is 0 Å². The van der Waals surface area contributed by atoms with Gasteiger partial charge in [-0.1, -0.05) is 19.9 Å². The molecule has 15 heavy (non-hydrogen) atoms. The fourth-order valence-corrected chi connectivity index (χ4v) is 1.29. The van der Waals surface area contributed by atoms with E-state index in [0.29, 0.717) is 18.3 Å². The second kappa shape index (κ2) is 5.34. The van der Waals surface area contributed by atoms with Crippen LogP contribution < -0.4 is 10.5 Å².